The summed E-state index contributed by atoms with van der Waals surface area (Å²) in [5, 5.41) is 2.98. The number of benzene rings is 2. The van der Waals surface area contributed by atoms with Crippen LogP contribution in [-0.2, 0) is 4.79 Å². The van der Waals surface area contributed by atoms with Crippen molar-refractivity contribution < 1.29 is 9.53 Å². The lowest BCUT2D eigenvalue weighted by Gasteiger charge is -2.36. The fraction of sp³-hybridized carbons (Fsp3) is 0.480. The van der Waals surface area contributed by atoms with Gasteiger partial charge in [0.05, 0.1) is 0 Å². The quantitative estimate of drug-likeness (QED) is 0.677. The molecule has 1 heterocycles. The van der Waals surface area contributed by atoms with E-state index in [0.717, 1.165) is 56.0 Å². The molecule has 1 N–H and O–H groups in total. The van der Waals surface area contributed by atoms with Crippen molar-refractivity contribution >= 4 is 11.6 Å². The third-order valence-electron chi connectivity index (χ3n) is 5.75. The van der Waals surface area contributed by atoms with Crippen molar-refractivity contribution in [2.45, 2.75) is 34.1 Å². The minimum absolute atomic E-state index is 0.0567. The zero-order chi connectivity index (χ0) is 21.5. The molecule has 0 unspecified atom stereocenters. The van der Waals surface area contributed by atoms with Crippen molar-refractivity contribution in [2.75, 3.05) is 50.8 Å². The van der Waals surface area contributed by atoms with Crippen molar-refractivity contribution in [3.8, 4) is 5.75 Å². The molecule has 1 aliphatic heterocycles. The molecule has 0 saturated carbocycles. The van der Waals surface area contributed by atoms with E-state index in [0.29, 0.717) is 6.54 Å². The maximum atomic E-state index is 12.1. The lowest BCUT2D eigenvalue weighted by atomic mass is 10.1. The Morgan fingerprint density at radius 3 is 2.30 bits per heavy atom. The summed E-state index contributed by atoms with van der Waals surface area (Å²) in [4.78, 5) is 17.1. The molecule has 1 aliphatic rings. The third-order valence-corrected chi connectivity index (χ3v) is 5.75. The topological polar surface area (TPSA) is 44.8 Å². The maximum Gasteiger partial charge on any atom is 0.257 e. The minimum Gasteiger partial charge on any atom is -0.483 e. The van der Waals surface area contributed by atoms with Crippen molar-refractivity contribution in [3.63, 3.8) is 0 Å². The number of nitrogens with zero attached hydrogens (tertiary/aromatic N) is 2. The highest BCUT2D eigenvalue weighted by Crippen LogP contribution is 2.24. The van der Waals surface area contributed by atoms with Gasteiger partial charge in [-0.05, 0) is 63.4 Å². The first-order valence-corrected chi connectivity index (χ1v) is 10.9. The second kappa shape index (κ2) is 10.5. The summed E-state index contributed by atoms with van der Waals surface area (Å²) in [5.41, 5.74) is 6.05. The Morgan fingerprint density at radius 2 is 1.63 bits per heavy atom. The number of amides is 1. The molecule has 2 aromatic rings. The lowest BCUT2D eigenvalue weighted by molar-refractivity contribution is -0.123. The molecule has 3 rings (SSSR count). The van der Waals surface area contributed by atoms with E-state index in [1.807, 2.05) is 13.8 Å². The summed E-state index contributed by atoms with van der Waals surface area (Å²) in [6.45, 7) is 14.3. The average molecular weight is 410 g/mol. The Bertz CT molecular complexity index is 834. The molecule has 0 spiro atoms. The van der Waals surface area contributed by atoms with Crippen molar-refractivity contribution in [1.82, 2.24) is 10.2 Å². The van der Waals surface area contributed by atoms with Gasteiger partial charge in [0.25, 0.3) is 5.91 Å². The van der Waals surface area contributed by atoms with E-state index in [4.69, 9.17) is 4.74 Å². The summed E-state index contributed by atoms with van der Waals surface area (Å²) in [5.74, 6) is 0.765. The standard InChI is InChI=1S/C25H35N3O2/c1-19-16-21(3)25(22(4)17-19)30-18-24(29)26-10-7-11-27-12-14-28(15-13-27)23-9-6-5-8-20(23)2/h5-6,8-9,16-17H,7,10-15,18H2,1-4H3,(H,26,29). The van der Waals surface area contributed by atoms with Gasteiger partial charge >= 0.3 is 0 Å². The molecular formula is C25H35N3O2. The summed E-state index contributed by atoms with van der Waals surface area (Å²) in [6, 6.07) is 12.8. The molecule has 5 nitrogen and oxygen atoms in total. The van der Waals surface area contributed by atoms with Crippen LogP contribution in [-0.4, -0.2) is 56.7 Å². The number of aryl methyl sites for hydroxylation is 4. The molecule has 0 aromatic heterocycles. The number of hydrogen-bond donors (Lipinski definition) is 1. The van der Waals surface area contributed by atoms with E-state index in [2.05, 4.69) is 65.4 Å². The second-order valence-electron chi connectivity index (χ2n) is 8.34. The van der Waals surface area contributed by atoms with Crippen LogP contribution in [0.4, 0.5) is 5.69 Å². The van der Waals surface area contributed by atoms with Gasteiger partial charge < -0.3 is 15.0 Å². The van der Waals surface area contributed by atoms with Gasteiger partial charge in [-0.2, -0.15) is 0 Å². The number of piperazine rings is 1. The normalized spacial score (nSPS) is 14.6. The SMILES string of the molecule is Cc1cc(C)c(OCC(=O)NCCCN2CCN(c3ccccc3C)CC2)c(C)c1. The molecule has 5 heteroatoms. The summed E-state index contributed by atoms with van der Waals surface area (Å²) < 4.78 is 5.77. The van der Waals surface area contributed by atoms with E-state index < -0.39 is 0 Å². The van der Waals surface area contributed by atoms with Crippen molar-refractivity contribution in [2.24, 2.45) is 0 Å². The van der Waals surface area contributed by atoms with Crippen LogP contribution in [0.1, 0.15) is 28.7 Å². The first-order valence-electron chi connectivity index (χ1n) is 10.9. The van der Waals surface area contributed by atoms with Gasteiger partial charge in [-0.15, -0.1) is 0 Å². The molecule has 162 valence electrons. The monoisotopic (exact) mass is 409 g/mol. The number of ether oxygens (including phenoxy) is 1. The molecule has 30 heavy (non-hydrogen) atoms. The van der Waals surface area contributed by atoms with Crippen LogP contribution in [0.3, 0.4) is 0 Å². The maximum absolute atomic E-state index is 12.1. The second-order valence-corrected chi connectivity index (χ2v) is 8.34. The molecule has 1 fully saturated rings. The average Bonchev–Trinajstić information content (AvgIpc) is 2.71. The zero-order valence-electron chi connectivity index (χ0n) is 18.8. The highest BCUT2D eigenvalue weighted by atomic mass is 16.5. The Balaban J connectivity index is 1.32. The molecule has 2 aromatic carbocycles. The number of hydrogen-bond acceptors (Lipinski definition) is 4. The number of carbonyl (C=O) groups excluding carboxylic acids is 1. The van der Waals surface area contributed by atoms with Crippen LogP contribution in [0, 0.1) is 27.7 Å². The Hall–Kier alpha value is -2.53. The van der Waals surface area contributed by atoms with Crippen molar-refractivity contribution in [3.05, 3.63) is 58.7 Å². The van der Waals surface area contributed by atoms with Crippen LogP contribution in [0.2, 0.25) is 0 Å². The van der Waals surface area contributed by atoms with E-state index in [1.54, 1.807) is 0 Å². The highest BCUT2D eigenvalue weighted by molar-refractivity contribution is 5.77. The molecule has 0 aliphatic carbocycles. The molecule has 0 radical (unpaired) electrons. The van der Waals surface area contributed by atoms with Crippen molar-refractivity contribution in [1.29, 1.82) is 0 Å². The molecule has 0 bridgehead atoms. The molecule has 1 amide bonds. The van der Waals surface area contributed by atoms with Gasteiger partial charge in [0, 0.05) is 38.4 Å². The fourth-order valence-electron chi connectivity index (χ4n) is 4.24. The van der Waals surface area contributed by atoms with Crippen LogP contribution in [0.5, 0.6) is 5.75 Å². The summed E-state index contributed by atoms with van der Waals surface area (Å²) >= 11 is 0. The Labute approximate surface area is 181 Å². The highest BCUT2D eigenvalue weighted by Gasteiger charge is 2.17. The smallest absolute Gasteiger partial charge is 0.257 e. The van der Waals surface area contributed by atoms with Crippen LogP contribution in [0.15, 0.2) is 36.4 Å². The van der Waals surface area contributed by atoms with E-state index in [9.17, 15) is 4.79 Å². The zero-order valence-corrected chi connectivity index (χ0v) is 18.8. The molecule has 1 saturated heterocycles. The van der Waals surface area contributed by atoms with Gasteiger partial charge in [0.1, 0.15) is 5.75 Å². The lowest BCUT2D eigenvalue weighted by Crippen LogP contribution is -2.47. The third kappa shape index (κ3) is 5.99. The predicted octanol–water partition coefficient (Wildman–Crippen LogP) is 3.63. The van der Waals surface area contributed by atoms with Gasteiger partial charge in [0.15, 0.2) is 6.61 Å². The number of anilines is 1. The largest absolute Gasteiger partial charge is 0.483 e. The first-order chi connectivity index (χ1) is 14.4. The Morgan fingerprint density at radius 1 is 0.967 bits per heavy atom. The number of nitrogens with one attached hydrogen (secondary N) is 1. The predicted molar refractivity (Wildman–Crippen MR) is 124 cm³/mol. The summed E-state index contributed by atoms with van der Waals surface area (Å²) in [6.07, 6.45) is 0.957. The van der Waals surface area contributed by atoms with Crippen LogP contribution < -0.4 is 15.0 Å². The van der Waals surface area contributed by atoms with E-state index in [1.165, 1.54) is 16.8 Å². The van der Waals surface area contributed by atoms with E-state index >= 15 is 0 Å². The first kappa shape index (κ1) is 22.2. The van der Waals surface area contributed by atoms with Gasteiger partial charge in [0.2, 0.25) is 0 Å². The van der Waals surface area contributed by atoms with Crippen LogP contribution in [0.25, 0.3) is 0 Å². The summed E-state index contributed by atoms with van der Waals surface area (Å²) in [7, 11) is 0. The fourth-order valence-corrected chi connectivity index (χ4v) is 4.24. The van der Waals surface area contributed by atoms with Gasteiger partial charge in [-0.25, -0.2) is 0 Å². The van der Waals surface area contributed by atoms with E-state index in [-0.39, 0.29) is 12.5 Å². The number of rotatable bonds is 8. The minimum atomic E-state index is -0.0567. The number of para-hydroxylation sites is 1. The Kier molecular flexibility index (Phi) is 7.75. The van der Waals surface area contributed by atoms with Gasteiger partial charge in [-0.3, -0.25) is 9.69 Å². The van der Waals surface area contributed by atoms with Gasteiger partial charge in [-0.1, -0.05) is 35.9 Å². The van der Waals surface area contributed by atoms with Crippen LogP contribution >= 0.6 is 0 Å². The molecular weight excluding hydrogens is 374 g/mol. The number of carbonyl (C=O) groups is 1. The molecule has 0 atom stereocenters.